The van der Waals surface area contributed by atoms with Crippen molar-refractivity contribution in [2.45, 2.75) is 42.6 Å². The molecule has 2 N–H and O–H groups in total. The zero-order valence-corrected chi connectivity index (χ0v) is 18.2. The Morgan fingerprint density at radius 1 is 1.20 bits per heavy atom. The molecule has 0 saturated heterocycles. The van der Waals surface area contributed by atoms with Crippen LogP contribution >= 0.6 is 23.1 Å². The number of urea groups is 1. The first-order chi connectivity index (χ1) is 14.7. The van der Waals surface area contributed by atoms with Crippen LogP contribution in [0, 0.1) is 0 Å². The lowest BCUT2D eigenvalue weighted by molar-refractivity contribution is -0.119. The Balaban J connectivity index is 1.60. The van der Waals surface area contributed by atoms with Gasteiger partial charge in [-0.15, -0.1) is 21.5 Å². The van der Waals surface area contributed by atoms with Gasteiger partial charge in [0.25, 0.3) is 0 Å². The molecular weight excluding hydrogens is 418 g/mol. The first kappa shape index (κ1) is 20.6. The summed E-state index contributed by atoms with van der Waals surface area (Å²) < 4.78 is 2.17. The molecule has 1 fully saturated rings. The van der Waals surface area contributed by atoms with Gasteiger partial charge in [0.1, 0.15) is 11.1 Å². The highest BCUT2D eigenvalue weighted by Crippen LogP contribution is 2.42. The van der Waals surface area contributed by atoms with E-state index in [9.17, 15) is 9.59 Å². The SMILES string of the molecule is CCNC(=O)NC(=O)[C@@H](Sc1nnc(Cc2cccs2)n1C1CC1)c1ccccc1. The Kier molecular flexibility index (Phi) is 6.49. The minimum atomic E-state index is -0.606. The molecular formula is C21H23N5O2S2. The molecule has 1 atom stereocenters. The van der Waals surface area contributed by atoms with Gasteiger partial charge in [0, 0.05) is 23.9 Å². The molecule has 0 radical (unpaired) electrons. The van der Waals surface area contributed by atoms with E-state index in [1.807, 2.05) is 36.4 Å². The molecule has 0 bridgehead atoms. The Labute approximate surface area is 183 Å². The number of benzene rings is 1. The number of nitrogens with one attached hydrogen (secondary N) is 2. The lowest BCUT2D eigenvalue weighted by atomic mass is 10.1. The number of amides is 3. The molecule has 3 aromatic rings. The van der Waals surface area contributed by atoms with E-state index in [2.05, 4.69) is 36.8 Å². The second-order valence-corrected chi connectivity index (χ2v) is 9.12. The van der Waals surface area contributed by atoms with Crippen LogP contribution in [0.15, 0.2) is 53.0 Å². The largest absolute Gasteiger partial charge is 0.338 e. The zero-order valence-electron chi connectivity index (χ0n) is 16.6. The number of rotatable bonds is 8. The maximum Gasteiger partial charge on any atom is 0.321 e. The van der Waals surface area contributed by atoms with Gasteiger partial charge in [0.05, 0.1) is 0 Å². The molecule has 3 amide bonds. The van der Waals surface area contributed by atoms with E-state index in [4.69, 9.17) is 0 Å². The summed E-state index contributed by atoms with van der Waals surface area (Å²) in [5, 5.41) is 16.1. The fourth-order valence-corrected chi connectivity index (χ4v) is 4.99. The van der Waals surface area contributed by atoms with Crippen molar-refractivity contribution < 1.29 is 9.59 Å². The monoisotopic (exact) mass is 441 g/mol. The van der Waals surface area contributed by atoms with Crippen LogP contribution in [-0.2, 0) is 11.2 Å². The quantitative estimate of drug-likeness (QED) is 0.517. The molecule has 2 aromatic heterocycles. The molecule has 1 aromatic carbocycles. The Bertz CT molecular complexity index is 1000. The van der Waals surface area contributed by atoms with Gasteiger partial charge in [-0.1, -0.05) is 48.2 Å². The summed E-state index contributed by atoms with van der Waals surface area (Å²) in [5.74, 6) is 0.542. The van der Waals surface area contributed by atoms with Crippen LogP contribution in [-0.4, -0.2) is 33.2 Å². The number of thioether (sulfide) groups is 1. The number of carbonyl (C=O) groups is 2. The standard InChI is InChI=1S/C21H23N5O2S2/c1-2-22-20(28)23-19(27)18(14-7-4-3-5-8-14)30-21-25-24-17(26(21)15-10-11-15)13-16-9-6-12-29-16/h3-9,12,15,18H,2,10-11,13H2,1H3,(H2,22,23,27,28)/t18-/m0/s1. The molecule has 2 heterocycles. The third-order valence-electron chi connectivity index (χ3n) is 4.70. The molecule has 9 heteroatoms. The topological polar surface area (TPSA) is 88.9 Å². The number of hydrogen-bond donors (Lipinski definition) is 2. The van der Waals surface area contributed by atoms with Crippen molar-refractivity contribution in [3.8, 4) is 0 Å². The molecule has 1 aliphatic rings. The first-order valence-corrected chi connectivity index (χ1v) is 11.7. The molecule has 0 unspecified atom stereocenters. The van der Waals surface area contributed by atoms with E-state index in [-0.39, 0.29) is 5.91 Å². The van der Waals surface area contributed by atoms with Crippen LogP contribution in [0.5, 0.6) is 0 Å². The van der Waals surface area contributed by atoms with Crippen LogP contribution in [0.4, 0.5) is 4.79 Å². The lowest BCUT2D eigenvalue weighted by Gasteiger charge is -2.17. The highest BCUT2D eigenvalue weighted by atomic mass is 32.2. The van der Waals surface area contributed by atoms with E-state index < -0.39 is 11.3 Å². The average Bonchev–Trinajstić information content (AvgIpc) is 3.29. The summed E-state index contributed by atoms with van der Waals surface area (Å²) in [6, 6.07) is 13.5. The minimum absolute atomic E-state index is 0.373. The molecule has 0 aliphatic heterocycles. The van der Waals surface area contributed by atoms with E-state index >= 15 is 0 Å². The highest BCUT2D eigenvalue weighted by molar-refractivity contribution is 8.00. The van der Waals surface area contributed by atoms with Crippen molar-refractivity contribution in [3.63, 3.8) is 0 Å². The number of imide groups is 1. The minimum Gasteiger partial charge on any atom is -0.338 e. The number of nitrogens with zero attached hydrogens (tertiary/aromatic N) is 3. The molecule has 4 rings (SSSR count). The Morgan fingerprint density at radius 2 is 2.00 bits per heavy atom. The third kappa shape index (κ3) is 4.91. The second-order valence-electron chi connectivity index (χ2n) is 7.01. The van der Waals surface area contributed by atoms with E-state index in [0.717, 1.165) is 30.7 Å². The maximum absolute atomic E-state index is 12.9. The number of thiophene rings is 1. The summed E-state index contributed by atoms with van der Waals surface area (Å²) in [7, 11) is 0. The van der Waals surface area contributed by atoms with E-state index in [1.165, 1.54) is 16.6 Å². The van der Waals surface area contributed by atoms with Crippen LogP contribution < -0.4 is 10.6 Å². The van der Waals surface area contributed by atoms with E-state index in [0.29, 0.717) is 17.7 Å². The number of aromatic nitrogens is 3. The molecule has 30 heavy (non-hydrogen) atoms. The molecule has 1 aliphatic carbocycles. The van der Waals surface area contributed by atoms with Crippen molar-refractivity contribution in [2.75, 3.05) is 6.54 Å². The summed E-state index contributed by atoms with van der Waals surface area (Å²) in [6.45, 7) is 2.26. The molecule has 7 nitrogen and oxygen atoms in total. The van der Waals surface area contributed by atoms with Gasteiger partial charge in [-0.3, -0.25) is 10.1 Å². The van der Waals surface area contributed by atoms with Gasteiger partial charge in [0.2, 0.25) is 5.91 Å². The van der Waals surface area contributed by atoms with Crippen LogP contribution in [0.25, 0.3) is 0 Å². The van der Waals surface area contributed by atoms with Gasteiger partial charge in [-0.05, 0) is 36.8 Å². The van der Waals surface area contributed by atoms with Crippen molar-refractivity contribution in [1.29, 1.82) is 0 Å². The molecule has 1 saturated carbocycles. The Morgan fingerprint density at radius 3 is 2.67 bits per heavy atom. The fourth-order valence-electron chi connectivity index (χ4n) is 3.17. The fraction of sp³-hybridized carbons (Fsp3) is 0.333. The first-order valence-electron chi connectivity index (χ1n) is 9.92. The predicted octanol–water partition coefficient (Wildman–Crippen LogP) is 3.94. The van der Waals surface area contributed by atoms with Crippen molar-refractivity contribution >= 4 is 35.0 Å². The highest BCUT2D eigenvalue weighted by Gasteiger charge is 2.33. The summed E-state index contributed by atoms with van der Waals surface area (Å²) in [5.41, 5.74) is 0.814. The van der Waals surface area contributed by atoms with Crippen LogP contribution in [0.3, 0.4) is 0 Å². The van der Waals surface area contributed by atoms with Crippen LogP contribution in [0.1, 0.15) is 47.3 Å². The van der Waals surface area contributed by atoms with Crippen molar-refractivity contribution in [1.82, 2.24) is 25.4 Å². The summed E-state index contributed by atoms with van der Waals surface area (Å²) in [4.78, 5) is 26.1. The normalized spacial score (nSPS) is 14.3. The molecule has 0 spiro atoms. The lowest BCUT2D eigenvalue weighted by Crippen LogP contribution is -2.41. The van der Waals surface area contributed by atoms with Gasteiger partial charge < -0.3 is 9.88 Å². The van der Waals surface area contributed by atoms with Gasteiger partial charge in [-0.2, -0.15) is 0 Å². The summed E-state index contributed by atoms with van der Waals surface area (Å²) in [6.07, 6.45) is 2.90. The predicted molar refractivity (Wildman–Crippen MR) is 118 cm³/mol. The van der Waals surface area contributed by atoms with Crippen LogP contribution in [0.2, 0.25) is 0 Å². The third-order valence-corrected chi connectivity index (χ3v) is 6.78. The maximum atomic E-state index is 12.9. The Hall–Kier alpha value is -2.65. The number of carbonyl (C=O) groups excluding carboxylic acids is 2. The molecule has 156 valence electrons. The summed E-state index contributed by atoms with van der Waals surface area (Å²) >= 11 is 3.04. The smallest absolute Gasteiger partial charge is 0.321 e. The van der Waals surface area contributed by atoms with Gasteiger partial charge in [-0.25, -0.2) is 4.79 Å². The van der Waals surface area contributed by atoms with Gasteiger partial charge >= 0.3 is 6.03 Å². The van der Waals surface area contributed by atoms with Crippen molar-refractivity contribution in [2.24, 2.45) is 0 Å². The van der Waals surface area contributed by atoms with Crippen molar-refractivity contribution in [3.05, 3.63) is 64.1 Å². The number of hydrogen-bond acceptors (Lipinski definition) is 6. The zero-order chi connectivity index (χ0) is 20.9. The van der Waals surface area contributed by atoms with Gasteiger partial charge in [0.15, 0.2) is 5.16 Å². The average molecular weight is 442 g/mol. The second kappa shape index (κ2) is 9.44. The van der Waals surface area contributed by atoms with E-state index in [1.54, 1.807) is 18.3 Å².